The Balaban J connectivity index is 2.55. The number of fused-ring (bicyclic) bond motifs is 1. The Kier molecular flexibility index (Phi) is 2.63. The van der Waals surface area contributed by atoms with Crippen LogP contribution in [0, 0.1) is 10.1 Å². The fourth-order valence-corrected chi connectivity index (χ4v) is 1.98. The number of hydrogen-bond donors (Lipinski definition) is 2. The van der Waals surface area contributed by atoms with Gasteiger partial charge in [-0.25, -0.2) is 0 Å². The van der Waals surface area contributed by atoms with E-state index in [9.17, 15) is 24.8 Å². The topological polar surface area (TPSA) is 110 Å². The summed E-state index contributed by atoms with van der Waals surface area (Å²) in [6.07, 6.45) is -0.410. The number of benzene rings is 1. The minimum Gasteiger partial charge on any atom is -0.375 e. The lowest BCUT2D eigenvalue weighted by molar-refractivity contribution is -0.385. The number of Topliss-reactive ketones (excluding diaryl/α,β-unsaturated/α-hetero) is 1. The predicted molar refractivity (Wildman–Crippen MR) is 60.9 cm³/mol. The average Bonchev–Trinajstić information content (AvgIpc) is 2.50. The van der Waals surface area contributed by atoms with Gasteiger partial charge in [-0.05, 0) is 13.0 Å². The summed E-state index contributed by atoms with van der Waals surface area (Å²) < 4.78 is 0. The fraction of sp³-hybridized carbons (Fsp3) is 0.273. The number of nitro benzene ring substituents is 1. The number of amides is 1. The lowest BCUT2D eigenvalue weighted by Crippen LogP contribution is -2.36. The van der Waals surface area contributed by atoms with Crippen molar-refractivity contribution in [1.29, 1.82) is 0 Å². The smallest absolute Gasteiger partial charge is 0.269 e. The molecule has 1 aliphatic heterocycles. The van der Waals surface area contributed by atoms with Crippen molar-refractivity contribution in [1.82, 2.24) is 0 Å². The first-order valence-corrected chi connectivity index (χ1v) is 5.17. The Bertz CT molecular complexity index is 569. The summed E-state index contributed by atoms with van der Waals surface area (Å²) >= 11 is 0. The number of nitrogens with zero attached hydrogens (tertiary/aromatic N) is 1. The normalized spacial score (nSPS) is 21.3. The molecular weight excluding hydrogens is 240 g/mol. The van der Waals surface area contributed by atoms with Gasteiger partial charge in [-0.3, -0.25) is 19.7 Å². The Labute approximate surface area is 102 Å². The summed E-state index contributed by atoms with van der Waals surface area (Å²) in [5.41, 5.74) is -1.91. The van der Waals surface area contributed by atoms with Gasteiger partial charge in [0.25, 0.3) is 11.6 Å². The van der Waals surface area contributed by atoms with Crippen LogP contribution < -0.4 is 5.32 Å². The molecule has 0 aromatic heterocycles. The van der Waals surface area contributed by atoms with Crippen LogP contribution in [0.4, 0.5) is 11.4 Å². The van der Waals surface area contributed by atoms with Crippen molar-refractivity contribution >= 4 is 23.1 Å². The average molecular weight is 250 g/mol. The third-order valence-electron chi connectivity index (χ3n) is 2.79. The van der Waals surface area contributed by atoms with Crippen molar-refractivity contribution in [2.45, 2.75) is 18.9 Å². The molecule has 7 nitrogen and oxygen atoms in total. The van der Waals surface area contributed by atoms with Gasteiger partial charge < -0.3 is 10.4 Å². The third-order valence-corrected chi connectivity index (χ3v) is 2.79. The highest BCUT2D eigenvalue weighted by atomic mass is 16.6. The van der Waals surface area contributed by atoms with Crippen LogP contribution in [0.5, 0.6) is 0 Å². The lowest BCUT2D eigenvalue weighted by atomic mass is 9.90. The summed E-state index contributed by atoms with van der Waals surface area (Å²) in [4.78, 5) is 32.8. The highest BCUT2D eigenvalue weighted by Crippen LogP contribution is 2.40. The summed E-state index contributed by atoms with van der Waals surface area (Å²) in [6.45, 7) is 1.24. The summed E-state index contributed by atoms with van der Waals surface area (Å²) in [5, 5.41) is 23.3. The Hall–Kier alpha value is -2.28. The number of hydrogen-bond acceptors (Lipinski definition) is 5. The second-order valence-corrected chi connectivity index (χ2v) is 4.18. The largest absolute Gasteiger partial charge is 0.375 e. The Morgan fingerprint density at radius 2 is 2.22 bits per heavy atom. The SMILES string of the molecule is CC(=O)C[C@@]1(O)C(=O)Nc2ccc([N+](=O)[O-])cc21. The molecule has 0 unspecified atom stereocenters. The zero-order chi connectivity index (χ0) is 13.5. The minimum absolute atomic E-state index is 0.0666. The molecule has 0 spiro atoms. The van der Waals surface area contributed by atoms with Crippen molar-refractivity contribution in [3.8, 4) is 0 Å². The molecule has 1 amide bonds. The highest BCUT2D eigenvalue weighted by molar-refractivity contribution is 6.07. The number of aliphatic hydroxyl groups is 1. The molecule has 1 aromatic carbocycles. The van der Waals surface area contributed by atoms with Crippen LogP contribution in [0.1, 0.15) is 18.9 Å². The molecule has 1 aromatic rings. The molecule has 0 saturated carbocycles. The van der Waals surface area contributed by atoms with Gasteiger partial charge in [0.1, 0.15) is 5.78 Å². The molecule has 1 atom stereocenters. The van der Waals surface area contributed by atoms with Gasteiger partial charge in [0.15, 0.2) is 5.60 Å². The van der Waals surface area contributed by atoms with Crippen molar-refractivity contribution in [3.63, 3.8) is 0 Å². The van der Waals surface area contributed by atoms with Crippen molar-refractivity contribution in [3.05, 3.63) is 33.9 Å². The number of carbonyl (C=O) groups is 2. The first kappa shape index (κ1) is 12.2. The van der Waals surface area contributed by atoms with Gasteiger partial charge in [-0.15, -0.1) is 0 Å². The highest BCUT2D eigenvalue weighted by Gasteiger charge is 2.46. The van der Waals surface area contributed by atoms with E-state index in [1.807, 2.05) is 0 Å². The molecule has 18 heavy (non-hydrogen) atoms. The van der Waals surface area contributed by atoms with E-state index in [1.165, 1.54) is 19.1 Å². The van der Waals surface area contributed by atoms with Crippen LogP contribution in [0.25, 0.3) is 0 Å². The van der Waals surface area contributed by atoms with E-state index < -0.39 is 22.9 Å². The van der Waals surface area contributed by atoms with Gasteiger partial charge in [-0.2, -0.15) is 0 Å². The molecule has 0 aliphatic carbocycles. The van der Waals surface area contributed by atoms with E-state index in [1.54, 1.807) is 0 Å². The zero-order valence-corrected chi connectivity index (χ0v) is 9.47. The number of anilines is 1. The van der Waals surface area contributed by atoms with Crippen LogP contribution >= 0.6 is 0 Å². The number of ketones is 1. The second kappa shape index (κ2) is 3.88. The van der Waals surface area contributed by atoms with E-state index in [4.69, 9.17) is 0 Å². The number of rotatable bonds is 3. The van der Waals surface area contributed by atoms with Crippen LogP contribution in [0.3, 0.4) is 0 Å². The van der Waals surface area contributed by atoms with E-state index in [2.05, 4.69) is 5.32 Å². The number of nitro groups is 1. The van der Waals surface area contributed by atoms with E-state index in [0.717, 1.165) is 6.07 Å². The Morgan fingerprint density at radius 3 is 2.78 bits per heavy atom. The van der Waals surface area contributed by atoms with Crippen molar-refractivity contribution in [2.75, 3.05) is 5.32 Å². The second-order valence-electron chi connectivity index (χ2n) is 4.18. The van der Waals surface area contributed by atoms with E-state index in [-0.39, 0.29) is 22.7 Å². The number of carbonyl (C=O) groups excluding carboxylic acids is 2. The summed E-state index contributed by atoms with van der Waals surface area (Å²) in [6, 6.07) is 3.66. The van der Waals surface area contributed by atoms with E-state index >= 15 is 0 Å². The molecule has 1 heterocycles. The predicted octanol–water partition coefficient (Wildman–Crippen LogP) is 0.714. The molecule has 0 saturated heterocycles. The van der Waals surface area contributed by atoms with Gasteiger partial charge >= 0.3 is 0 Å². The molecule has 2 N–H and O–H groups in total. The molecule has 7 heteroatoms. The van der Waals surface area contributed by atoms with Crippen molar-refractivity contribution in [2.24, 2.45) is 0 Å². The molecule has 0 fully saturated rings. The van der Waals surface area contributed by atoms with Gasteiger partial charge in [0, 0.05) is 29.8 Å². The van der Waals surface area contributed by atoms with Crippen molar-refractivity contribution < 1.29 is 19.6 Å². The molecule has 0 radical (unpaired) electrons. The van der Waals surface area contributed by atoms with Gasteiger partial charge in [-0.1, -0.05) is 0 Å². The molecule has 1 aliphatic rings. The maximum atomic E-state index is 11.7. The minimum atomic E-state index is -2.02. The fourth-order valence-electron chi connectivity index (χ4n) is 1.98. The molecule has 94 valence electrons. The maximum absolute atomic E-state index is 11.7. The van der Waals surface area contributed by atoms with Gasteiger partial charge in [0.2, 0.25) is 0 Å². The third kappa shape index (κ3) is 1.74. The molecule has 0 bridgehead atoms. The molecule has 2 rings (SSSR count). The quantitative estimate of drug-likeness (QED) is 0.606. The van der Waals surface area contributed by atoms with Crippen LogP contribution in [0.15, 0.2) is 18.2 Å². The number of non-ortho nitro benzene ring substituents is 1. The van der Waals surface area contributed by atoms with Gasteiger partial charge in [0.05, 0.1) is 4.92 Å². The van der Waals surface area contributed by atoms with Crippen LogP contribution in [0.2, 0.25) is 0 Å². The maximum Gasteiger partial charge on any atom is 0.269 e. The first-order valence-electron chi connectivity index (χ1n) is 5.17. The number of nitrogens with one attached hydrogen (secondary N) is 1. The Morgan fingerprint density at radius 1 is 1.56 bits per heavy atom. The van der Waals surface area contributed by atoms with Crippen LogP contribution in [-0.4, -0.2) is 21.7 Å². The van der Waals surface area contributed by atoms with Crippen LogP contribution in [-0.2, 0) is 15.2 Å². The lowest BCUT2D eigenvalue weighted by Gasteiger charge is -2.18. The summed E-state index contributed by atoms with van der Waals surface area (Å²) in [5.74, 6) is -1.12. The van der Waals surface area contributed by atoms with E-state index in [0.29, 0.717) is 0 Å². The zero-order valence-electron chi connectivity index (χ0n) is 9.47. The summed E-state index contributed by atoms with van der Waals surface area (Å²) in [7, 11) is 0. The standard InChI is InChI=1S/C11H10N2O5/c1-6(14)5-11(16)8-4-7(13(17)18)2-3-9(8)12-10(11)15/h2-4,16H,5H2,1H3,(H,12,15)/t11-/m0/s1. The molecular formula is C11H10N2O5. The monoisotopic (exact) mass is 250 g/mol. The first-order chi connectivity index (χ1) is 8.34.